The standard InChI is InChI=1S/C17H16O6/c1-21-14-4-3-11(16(20)17(14)22-2)10-5-9-6-12(18)13(19)7-15(9)23-8-10/h3-7,18-20H,8H2,1-2H3. The van der Waals surface area contributed by atoms with E-state index in [1.807, 2.05) is 0 Å². The number of aromatic hydroxyl groups is 3. The molecule has 3 rings (SSSR count). The van der Waals surface area contributed by atoms with Gasteiger partial charge in [-0.15, -0.1) is 0 Å². The van der Waals surface area contributed by atoms with Gasteiger partial charge in [0, 0.05) is 22.8 Å². The van der Waals surface area contributed by atoms with E-state index in [0.29, 0.717) is 28.2 Å². The average Bonchev–Trinajstić information content (AvgIpc) is 2.55. The number of fused-ring (bicyclic) bond motifs is 1. The van der Waals surface area contributed by atoms with Crippen LogP contribution in [0.3, 0.4) is 0 Å². The van der Waals surface area contributed by atoms with E-state index in [1.165, 1.54) is 26.4 Å². The summed E-state index contributed by atoms with van der Waals surface area (Å²) in [6, 6.07) is 6.16. The Balaban J connectivity index is 2.09. The summed E-state index contributed by atoms with van der Waals surface area (Å²) >= 11 is 0. The highest BCUT2D eigenvalue weighted by Crippen LogP contribution is 2.44. The molecule has 0 amide bonds. The van der Waals surface area contributed by atoms with Crippen molar-refractivity contribution < 1.29 is 29.5 Å². The maximum absolute atomic E-state index is 10.4. The van der Waals surface area contributed by atoms with Gasteiger partial charge in [-0.1, -0.05) is 0 Å². The Labute approximate surface area is 132 Å². The van der Waals surface area contributed by atoms with E-state index < -0.39 is 0 Å². The second-order valence-electron chi connectivity index (χ2n) is 5.03. The van der Waals surface area contributed by atoms with Crippen LogP contribution in [0.2, 0.25) is 0 Å². The molecule has 2 aromatic carbocycles. The van der Waals surface area contributed by atoms with Gasteiger partial charge < -0.3 is 29.5 Å². The minimum Gasteiger partial charge on any atom is -0.504 e. The van der Waals surface area contributed by atoms with Crippen molar-refractivity contribution >= 4 is 11.6 Å². The van der Waals surface area contributed by atoms with Crippen LogP contribution >= 0.6 is 0 Å². The first-order valence-corrected chi connectivity index (χ1v) is 6.88. The van der Waals surface area contributed by atoms with E-state index in [-0.39, 0.29) is 29.6 Å². The maximum Gasteiger partial charge on any atom is 0.203 e. The molecule has 0 aliphatic carbocycles. The molecule has 0 saturated carbocycles. The van der Waals surface area contributed by atoms with Crippen molar-refractivity contribution in [2.45, 2.75) is 0 Å². The highest BCUT2D eigenvalue weighted by atomic mass is 16.5. The summed E-state index contributed by atoms with van der Waals surface area (Å²) in [5.74, 6) is 0.604. The van der Waals surface area contributed by atoms with E-state index in [4.69, 9.17) is 14.2 Å². The fourth-order valence-corrected chi connectivity index (χ4v) is 2.52. The normalized spacial score (nSPS) is 12.9. The molecule has 0 saturated heterocycles. The summed E-state index contributed by atoms with van der Waals surface area (Å²) in [4.78, 5) is 0. The first-order valence-electron chi connectivity index (χ1n) is 6.88. The molecule has 0 atom stereocenters. The lowest BCUT2D eigenvalue weighted by Crippen LogP contribution is -2.07. The van der Waals surface area contributed by atoms with E-state index in [9.17, 15) is 15.3 Å². The zero-order chi connectivity index (χ0) is 16.6. The summed E-state index contributed by atoms with van der Waals surface area (Å²) in [6.07, 6.45) is 1.78. The van der Waals surface area contributed by atoms with Gasteiger partial charge in [-0.25, -0.2) is 0 Å². The minimum atomic E-state index is -0.241. The van der Waals surface area contributed by atoms with Crippen molar-refractivity contribution in [3.63, 3.8) is 0 Å². The Morgan fingerprint density at radius 2 is 1.74 bits per heavy atom. The summed E-state index contributed by atoms with van der Waals surface area (Å²) in [5.41, 5.74) is 1.86. The Morgan fingerprint density at radius 1 is 1.00 bits per heavy atom. The number of hydrogen-bond acceptors (Lipinski definition) is 6. The van der Waals surface area contributed by atoms with Crippen molar-refractivity contribution in [2.75, 3.05) is 20.8 Å². The highest BCUT2D eigenvalue weighted by molar-refractivity contribution is 5.89. The lowest BCUT2D eigenvalue weighted by Gasteiger charge is -2.20. The van der Waals surface area contributed by atoms with Crippen LogP contribution in [0.15, 0.2) is 24.3 Å². The number of rotatable bonds is 3. The molecule has 0 fully saturated rings. The van der Waals surface area contributed by atoms with Gasteiger partial charge in [0.2, 0.25) is 5.75 Å². The Kier molecular flexibility index (Phi) is 3.65. The van der Waals surface area contributed by atoms with Gasteiger partial charge in [-0.3, -0.25) is 0 Å². The van der Waals surface area contributed by atoms with Gasteiger partial charge in [0.25, 0.3) is 0 Å². The Hall–Kier alpha value is -3.02. The van der Waals surface area contributed by atoms with Gasteiger partial charge in [0.15, 0.2) is 23.0 Å². The highest BCUT2D eigenvalue weighted by Gasteiger charge is 2.21. The Bertz CT molecular complexity index is 794. The first-order chi connectivity index (χ1) is 11.0. The van der Waals surface area contributed by atoms with Crippen LogP contribution in [0.5, 0.6) is 34.5 Å². The predicted molar refractivity (Wildman–Crippen MR) is 84.3 cm³/mol. The number of hydrogen-bond donors (Lipinski definition) is 3. The second kappa shape index (κ2) is 5.64. The van der Waals surface area contributed by atoms with Crippen LogP contribution in [0, 0.1) is 0 Å². The van der Waals surface area contributed by atoms with Crippen LogP contribution in [-0.2, 0) is 0 Å². The van der Waals surface area contributed by atoms with Crippen LogP contribution in [0.4, 0.5) is 0 Å². The maximum atomic E-state index is 10.4. The topological polar surface area (TPSA) is 88.4 Å². The van der Waals surface area contributed by atoms with Gasteiger partial charge in [-0.05, 0) is 24.3 Å². The van der Waals surface area contributed by atoms with Crippen LogP contribution in [-0.4, -0.2) is 36.1 Å². The zero-order valence-corrected chi connectivity index (χ0v) is 12.7. The molecule has 1 aliphatic heterocycles. The molecule has 0 aromatic heterocycles. The molecule has 23 heavy (non-hydrogen) atoms. The second-order valence-corrected chi connectivity index (χ2v) is 5.03. The molecule has 0 spiro atoms. The lowest BCUT2D eigenvalue weighted by atomic mass is 9.99. The largest absolute Gasteiger partial charge is 0.504 e. The Morgan fingerprint density at radius 3 is 2.43 bits per heavy atom. The van der Waals surface area contributed by atoms with Crippen LogP contribution in [0.25, 0.3) is 11.6 Å². The first kappa shape index (κ1) is 14.9. The summed E-state index contributed by atoms with van der Waals surface area (Å²) in [5, 5.41) is 29.5. The van der Waals surface area contributed by atoms with Gasteiger partial charge in [0.1, 0.15) is 12.4 Å². The summed E-state index contributed by atoms with van der Waals surface area (Å²) < 4.78 is 15.9. The fraction of sp³-hybridized carbons (Fsp3) is 0.176. The number of ether oxygens (including phenoxy) is 3. The quantitative estimate of drug-likeness (QED) is 0.755. The number of phenols is 3. The van der Waals surface area contributed by atoms with Crippen molar-refractivity contribution in [3.8, 4) is 34.5 Å². The van der Waals surface area contributed by atoms with Crippen molar-refractivity contribution in [1.82, 2.24) is 0 Å². The molecule has 0 unspecified atom stereocenters. The molecule has 2 aromatic rings. The minimum absolute atomic E-state index is 0.0480. The van der Waals surface area contributed by atoms with E-state index in [1.54, 1.807) is 18.2 Å². The lowest BCUT2D eigenvalue weighted by molar-refractivity contribution is 0.331. The van der Waals surface area contributed by atoms with E-state index >= 15 is 0 Å². The third-order valence-corrected chi connectivity index (χ3v) is 3.69. The van der Waals surface area contributed by atoms with Crippen LogP contribution < -0.4 is 14.2 Å². The molecule has 0 bridgehead atoms. The SMILES string of the molecule is COc1ccc(C2=Cc3cc(O)c(O)cc3OC2)c(O)c1OC. The summed E-state index contributed by atoms with van der Waals surface area (Å²) in [7, 11) is 2.94. The van der Waals surface area contributed by atoms with E-state index in [0.717, 1.165) is 0 Å². The molecule has 1 aliphatic rings. The zero-order valence-electron chi connectivity index (χ0n) is 12.7. The number of benzene rings is 2. The van der Waals surface area contributed by atoms with Gasteiger partial charge in [0.05, 0.1) is 14.2 Å². The van der Waals surface area contributed by atoms with E-state index in [2.05, 4.69) is 0 Å². The third kappa shape index (κ3) is 2.48. The monoisotopic (exact) mass is 316 g/mol. The van der Waals surface area contributed by atoms with Gasteiger partial charge >= 0.3 is 0 Å². The van der Waals surface area contributed by atoms with Crippen LogP contribution in [0.1, 0.15) is 11.1 Å². The smallest absolute Gasteiger partial charge is 0.203 e. The molecule has 120 valence electrons. The molecule has 6 heteroatoms. The molecule has 3 N–H and O–H groups in total. The van der Waals surface area contributed by atoms with Crippen molar-refractivity contribution in [1.29, 1.82) is 0 Å². The fourth-order valence-electron chi connectivity index (χ4n) is 2.52. The number of phenolic OH excluding ortho intramolecular Hbond substituents is 3. The molecular formula is C17H16O6. The molecule has 1 heterocycles. The molecule has 6 nitrogen and oxygen atoms in total. The molecular weight excluding hydrogens is 300 g/mol. The number of methoxy groups -OCH3 is 2. The molecule has 0 radical (unpaired) electrons. The third-order valence-electron chi connectivity index (χ3n) is 3.69. The predicted octanol–water partition coefficient (Wildman–Crippen LogP) is 2.75. The summed E-state index contributed by atoms with van der Waals surface area (Å²) in [6.45, 7) is 0.209. The van der Waals surface area contributed by atoms with Gasteiger partial charge in [-0.2, -0.15) is 0 Å². The van der Waals surface area contributed by atoms with Crippen molar-refractivity contribution in [3.05, 3.63) is 35.4 Å². The van der Waals surface area contributed by atoms with Crippen molar-refractivity contribution in [2.24, 2.45) is 0 Å². The average molecular weight is 316 g/mol.